The van der Waals surface area contributed by atoms with Gasteiger partial charge in [0, 0.05) is 30.6 Å². The average Bonchev–Trinajstić information content (AvgIpc) is 2.91. The number of fused-ring (bicyclic) bond motifs is 3. The van der Waals surface area contributed by atoms with Crippen molar-refractivity contribution in [3.63, 3.8) is 0 Å². The number of hydrogen-bond acceptors (Lipinski definition) is 6. The first-order valence-electron chi connectivity index (χ1n) is 10.8. The normalized spacial score (nSPS) is 25.2. The average molecular weight is 424 g/mol. The minimum absolute atomic E-state index is 0.0544. The van der Waals surface area contributed by atoms with Gasteiger partial charge in [-0.2, -0.15) is 0 Å². The maximum Gasteiger partial charge on any atom is 0.341 e. The van der Waals surface area contributed by atoms with Gasteiger partial charge in [-0.05, 0) is 24.8 Å². The molecule has 1 amide bonds. The van der Waals surface area contributed by atoms with E-state index in [0.29, 0.717) is 30.0 Å². The fourth-order valence-corrected chi connectivity index (χ4v) is 5.01. The second-order valence-electron chi connectivity index (χ2n) is 8.87. The zero-order valence-electron chi connectivity index (χ0n) is 18.4. The van der Waals surface area contributed by atoms with Crippen LogP contribution in [0.4, 0.5) is 5.69 Å². The van der Waals surface area contributed by atoms with Crippen molar-refractivity contribution in [3.05, 3.63) is 52.6 Å². The first-order chi connectivity index (χ1) is 14.7. The highest BCUT2D eigenvalue weighted by molar-refractivity contribution is 6.23. The molecular weight excluding hydrogens is 396 g/mol. The molecule has 0 unspecified atom stereocenters. The lowest BCUT2D eigenvalue weighted by Crippen LogP contribution is -2.52. The van der Waals surface area contributed by atoms with E-state index in [4.69, 9.17) is 15.2 Å². The van der Waals surface area contributed by atoms with E-state index in [0.717, 1.165) is 0 Å². The molecule has 0 saturated carbocycles. The zero-order chi connectivity index (χ0) is 22.5. The predicted molar refractivity (Wildman–Crippen MR) is 115 cm³/mol. The Morgan fingerprint density at radius 2 is 2.00 bits per heavy atom. The Labute approximate surface area is 181 Å². The van der Waals surface area contributed by atoms with E-state index in [9.17, 15) is 14.4 Å². The summed E-state index contributed by atoms with van der Waals surface area (Å²) in [6, 6.07) is 7.28. The van der Waals surface area contributed by atoms with Crippen LogP contribution in [0.15, 0.2) is 47.1 Å². The van der Waals surface area contributed by atoms with Gasteiger partial charge in [0.2, 0.25) is 11.8 Å². The van der Waals surface area contributed by atoms with Gasteiger partial charge in [-0.3, -0.25) is 9.59 Å². The molecule has 2 heterocycles. The van der Waals surface area contributed by atoms with Gasteiger partial charge in [-0.15, -0.1) is 0 Å². The highest BCUT2D eigenvalue weighted by Crippen LogP contribution is 2.56. The van der Waals surface area contributed by atoms with E-state index < -0.39 is 11.4 Å². The van der Waals surface area contributed by atoms with Crippen LogP contribution in [0.5, 0.6) is 0 Å². The van der Waals surface area contributed by atoms with Crippen molar-refractivity contribution in [2.45, 2.75) is 46.0 Å². The van der Waals surface area contributed by atoms with Gasteiger partial charge >= 0.3 is 5.97 Å². The molecule has 0 bridgehead atoms. The van der Waals surface area contributed by atoms with Crippen LogP contribution in [-0.4, -0.2) is 30.8 Å². The molecule has 2 atom stereocenters. The fraction of sp³-hybridized carbons (Fsp3) is 0.458. The first-order valence-corrected chi connectivity index (χ1v) is 10.8. The van der Waals surface area contributed by atoms with Gasteiger partial charge < -0.3 is 20.1 Å². The third-order valence-electron chi connectivity index (χ3n) is 6.05. The van der Waals surface area contributed by atoms with Crippen LogP contribution in [0, 0.1) is 11.8 Å². The molecule has 1 spiro atoms. The molecule has 0 aromatic heterocycles. The quantitative estimate of drug-likeness (QED) is 0.746. The number of para-hydroxylation sites is 1. The Balaban J connectivity index is 2.06. The molecule has 2 N–H and O–H groups in total. The number of Topliss-reactive ketones (excluding diaryl/α,β-unsaturated/α-hetero) is 1. The van der Waals surface area contributed by atoms with Crippen LogP contribution in [-0.2, 0) is 29.3 Å². The largest absolute Gasteiger partial charge is 0.462 e. The van der Waals surface area contributed by atoms with Crippen LogP contribution < -0.4 is 10.6 Å². The summed E-state index contributed by atoms with van der Waals surface area (Å²) < 4.78 is 11.1. The molecule has 1 aromatic rings. The van der Waals surface area contributed by atoms with E-state index in [1.165, 1.54) is 0 Å². The Morgan fingerprint density at radius 1 is 1.29 bits per heavy atom. The monoisotopic (exact) mass is 424 g/mol. The molecule has 0 fully saturated rings. The van der Waals surface area contributed by atoms with E-state index in [-0.39, 0.29) is 53.6 Å². The number of carbonyl (C=O) groups excluding carboxylic acids is 3. The summed E-state index contributed by atoms with van der Waals surface area (Å²) in [6.07, 6.45) is 0.749. The molecule has 4 rings (SSSR count). The van der Waals surface area contributed by atoms with Crippen molar-refractivity contribution in [1.82, 2.24) is 0 Å². The lowest BCUT2D eigenvalue weighted by Gasteiger charge is -2.40. The number of anilines is 1. The summed E-state index contributed by atoms with van der Waals surface area (Å²) in [4.78, 5) is 42.4. The van der Waals surface area contributed by atoms with Gasteiger partial charge in [0.1, 0.15) is 16.7 Å². The van der Waals surface area contributed by atoms with Crippen molar-refractivity contribution in [2.75, 3.05) is 18.1 Å². The molecule has 1 aliphatic carbocycles. The van der Waals surface area contributed by atoms with Gasteiger partial charge in [-0.25, -0.2) is 4.79 Å². The molecule has 1 aromatic carbocycles. The number of benzene rings is 1. The van der Waals surface area contributed by atoms with Crippen LogP contribution in [0.25, 0.3) is 0 Å². The summed E-state index contributed by atoms with van der Waals surface area (Å²) in [5.41, 5.74) is 6.00. The van der Waals surface area contributed by atoms with Crippen molar-refractivity contribution < 1.29 is 23.9 Å². The van der Waals surface area contributed by atoms with E-state index in [2.05, 4.69) is 0 Å². The molecule has 7 heteroatoms. The second kappa shape index (κ2) is 7.55. The Hall–Kier alpha value is -3.09. The molecule has 0 saturated heterocycles. The van der Waals surface area contributed by atoms with Crippen LogP contribution >= 0.6 is 0 Å². The standard InChI is InChI=1S/C24H28N2O5/c1-5-30-22(28)20-21(25)31-18-11-14(4)10-17(27)19(18)24(20)15-8-6-7-9-16(15)26(23(24)29)12-13(2)3/h6-9,13-14H,5,10-12,25H2,1-4H3/t14-,24-/m1/s1. The fourth-order valence-electron chi connectivity index (χ4n) is 5.01. The molecule has 31 heavy (non-hydrogen) atoms. The topological polar surface area (TPSA) is 98.9 Å². The van der Waals surface area contributed by atoms with Crippen molar-refractivity contribution >= 4 is 23.3 Å². The first kappa shape index (κ1) is 21.2. The molecule has 164 valence electrons. The molecule has 7 nitrogen and oxygen atoms in total. The smallest absolute Gasteiger partial charge is 0.341 e. The number of esters is 1. The number of nitrogens with two attached hydrogens (primary N) is 1. The highest BCUT2D eigenvalue weighted by atomic mass is 16.5. The Kier molecular flexibility index (Phi) is 5.15. The number of allylic oxidation sites excluding steroid dienone is 1. The highest BCUT2D eigenvalue weighted by Gasteiger charge is 2.64. The number of amides is 1. The summed E-state index contributed by atoms with van der Waals surface area (Å²) in [5, 5.41) is 0. The van der Waals surface area contributed by atoms with Gasteiger partial charge in [-0.1, -0.05) is 39.0 Å². The van der Waals surface area contributed by atoms with E-state index >= 15 is 0 Å². The zero-order valence-corrected chi connectivity index (χ0v) is 18.4. The number of ketones is 1. The summed E-state index contributed by atoms with van der Waals surface area (Å²) >= 11 is 0. The molecule has 3 aliphatic rings. The van der Waals surface area contributed by atoms with Crippen LogP contribution in [0.1, 0.15) is 46.1 Å². The molecule has 0 radical (unpaired) electrons. The third kappa shape index (κ3) is 2.98. The molecular formula is C24H28N2O5. The van der Waals surface area contributed by atoms with Crippen molar-refractivity contribution in [1.29, 1.82) is 0 Å². The lowest BCUT2D eigenvalue weighted by molar-refractivity contribution is -0.141. The number of ether oxygens (including phenoxy) is 2. The van der Waals surface area contributed by atoms with Gasteiger partial charge in [0.15, 0.2) is 5.78 Å². The number of carbonyl (C=O) groups is 3. The Bertz CT molecular complexity index is 1040. The van der Waals surface area contributed by atoms with Crippen LogP contribution in [0.3, 0.4) is 0 Å². The lowest BCUT2D eigenvalue weighted by atomic mass is 9.64. The summed E-state index contributed by atoms with van der Waals surface area (Å²) in [5.74, 6) is -0.858. The number of nitrogens with zero attached hydrogens (tertiary/aromatic N) is 1. The number of rotatable bonds is 4. The third-order valence-corrected chi connectivity index (χ3v) is 6.05. The maximum atomic E-state index is 14.2. The SMILES string of the molecule is CCOC(=O)C1=C(N)OC2=C(C(=O)C[C@@H](C)C2)[C@@]12C(=O)N(CC(C)C)c1ccccc12. The van der Waals surface area contributed by atoms with E-state index in [1.807, 2.05) is 32.9 Å². The Morgan fingerprint density at radius 3 is 2.68 bits per heavy atom. The summed E-state index contributed by atoms with van der Waals surface area (Å²) in [6.45, 7) is 8.21. The minimum atomic E-state index is -1.65. The van der Waals surface area contributed by atoms with Gasteiger partial charge in [0.05, 0.1) is 12.2 Å². The van der Waals surface area contributed by atoms with Crippen molar-refractivity contribution in [3.8, 4) is 0 Å². The summed E-state index contributed by atoms with van der Waals surface area (Å²) in [7, 11) is 0. The maximum absolute atomic E-state index is 14.2. The minimum Gasteiger partial charge on any atom is -0.462 e. The van der Waals surface area contributed by atoms with Crippen molar-refractivity contribution in [2.24, 2.45) is 17.6 Å². The molecule has 2 aliphatic heterocycles. The van der Waals surface area contributed by atoms with Crippen LogP contribution in [0.2, 0.25) is 0 Å². The second-order valence-corrected chi connectivity index (χ2v) is 8.87. The number of hydrogen-bond donors (Lipinski definition) is 1. The van der Waals surface area contributed by atoms with E-state index in [1.54, 1.807) is 24.0 Å². The predicted octanol–water partition coefficient (Wildman–Crippen LogP) is 2.94. The van der Waals surface area contributed by atoms with Gasteiger partial charge in [0.25, 0.3) is 0 Å².